The molecule has 166 valence electrons. The number of H-pyrrole nitrogens is 1. The standard InChI is InChI=1S/C22H27ClN4O4/c1-13-11-15-16(12-14(13)23)25-19-18(24-15)20(29)27(21(30)26-19)10-8-6-5-7-9-17(28)31-22(2,3)4/h11-12H,5-10H2,1-4H3,(H,25,26,30). The van der Waals surface area contributed by atoms with Crippen molar-refractivity contribution in [2.24, 2.45) is 0 Å². The van der Waals surface area contributed by atoms with E-state index in [0.29, 0.717) is 35.3 Å². The molecule has 2 aromatic heterocycles. The van der Waals surface area contributed by atoms with Gasteiger partial charge in [0.2, 0.25) is 0 Å². The highest BCUT2D eigenvalue weighted by molar-refractivity contribution is 6.32. The van der Waals surface area contributed by atoms with Crippen molar-refractivity contribution in [3.8, 4) is 0 Å². The van der Waals surface area contributed by atoms with Gasteiger partial charge in [-0.2, -0.15) is 0 Å². The lowest BCUT2D eigenvalue weighted by Gasteiger charge is -2.19. The quantitative estimate of drug-likeness (QED) is 0.335. The molecule has 0 atom stereocenters. The SMILES string of the molecule is Cc1cc2nc3c(=O)n(CCCCCCC(=O)OC(C)(C)C)c(=O)[nH]c3nc2cc1Cl. The predicted molar refractivity (Wildman–Crippen MR) is 121 cm³/mol. The number of nitrogens with zero attached hydrogens (tertiary/aromatic N) is 3. The molecule has 0 aliphatic rings. The number of hydrogen-bond donors (Lipinski definition) is 1. The molecule has 0 saturated heterocycles. The van der Waals surface area contributed by atoms with E-state index in [-0.39, 0.29) is 23.7 Å². The Bertz CT molecular complexity index is 1240. The maximum absolute atomic E-state index is 12.8. The molecule has 0 aliphatic carbocycles. The van der Waals surface area contributed by atoms with Gasteiger partial charge in [-0.3, -0.25) is 19.1 Å². The Morgan fingerprint density at radius 1 is 1.10 bits per heavy atom. The molecule has 3 aromatic rings. The fourth-order valence-electron chi connectivity index (χ4n) is 3.30. The second-order valence-corrected chi connectivity index (χ2v) is 9.06. The number of halogens is 1. The third kappa shape index (κ3) is 5.70. The van der Waals surface area contributed by atoms with Crippen molar-refractivity contribution in [1.29, 1.82) is 0 Å². The molecule has 0 radical (unpaired) electrons. The number of esters is 1. The fourth-order valence-corrected chi connectivity index (χ4v) is 3.45. The zero-order chi connectivity index (χ0) is 22.8. The molecule has 1 aromatic carbocycles. The van der Waals surface area contributed by atoms with Gasteiger partial charge in [-0.1, -0.05) is 24.4 Å². The van der Waals surface area contributed by atoms with E-state index in [1.165, 1.54) is 0 Å². The summed E-state index contributed by atoms with van der Waals surface area (Å²) in [6.45, 7) is 7.64. The van der Waals surface area contributed by atoms with E-state index in [0.717, 1.165) is 23.0 Å². The van der Waals surface area contributed by atoms with E-state index in [1.54, 1.807) is 12.1 Å². The molecular weight excluding hydrogens is 420 g/mol. The topological polar surface area (TPSA) is 107 Å². The van der Waals surface area contributed by atoms with Gasteiger partial charge < -0.3 is 4.74 Å². The van der Waals surface area contributed by atoms with E-state index in [9.17, 15) is 14.4 Å². The largest absolute Gasteiger partial charge is 0.460 e. The van der Waals surface area contributed by atoms with Crippen LogP contribution in [-0.4, -0.2) is 31.1 Å². The van der Waals surface area contributed by atoms with E-state index in [4.69, 9.17) is 16.3 Å². The molecule has 8 nitrogen and oxygen atoms in total. The van der Waals surface area contributed by atoms with Crippen LogP contribution in [0.5, 0.6) is 0 Å². The highest BCUT2D eigenvalue weighted by Gasteiger charge is 2.16. The number of ether oxygens (including phenoxy) is 1. The van der Waals surface area contributed by atoms with E-state index in [1.807, 2.05) is 27.7 Å². The zero-order valence-electron chi connectivity index (χ0n) is 18.2. The van der Waals surface area contributed by atoms with Crippen LogP contribution in [0.15, 0.2) is 21.7 Å². The van der Waals surface area contributed by atoms with Crippen molar-refractivity contribution in [2.45, 2.75) is 71.9 Å². The summed E-state index contributed by atoms with van der Waals surface area (Å²) in [4.78, 5) is 48.4. The Balaban J connectivity index is 1.66. The number of aromatic nitrogens is 4. The van der Waals surface area contributed by atoms with Gasteiger partial charge >= 0.3 is 11.7 Å². The van der Waals surface area contributed by atoms with Crippen LogP contribution in [0.25, 0.3) is 22.2 Å². The molecule has 0 bridgehead atoms. The third-order valence-electron chi connectivity index (χ3n) is 4.80. The summed E-state index contributed by atoms with van der Waals surface area (Å²) in [5.41, 5.74) is 0.712. The van der Waals surface area contributed by atoms with Gasteiger partial charge in [-0.25, -0.2) is 14.8 Å². The number of benzene rings is 1. The molecule has 0 fully saturated rings. The van der Waals surface area contributed by atoms with E-state index in [2.05, 4.69) is 15.0 Å². The number of nitrogens with one attached hydrogen (secondary N) is 1. The molecule has 0 spiro atoms. The lowest BCUT2D eigenvalue weighted by molar-refractivity contribution is -0.154. The minimum absolute atomic E-state index is 0.124. The number of unbranched alkanes of at least 4 members (excludes halogenated alkanes) is 3. The summed E-state index contributed by atoms with van der Waals surface area (Å²) in [6, 6.07) is 3.43. The smallest absolute Gasteiger partial charge is 0.330 e. The predicted octanol–water partition coefficient (Wildman–Crippen LogP) is 3.89. The number of aryl methyl sites for hydroxylation is 1. The summed E-state index contributed by atoms with van der Waals surface area (Å²) >= 11 is 6.13. The average Bonchev–Trinajstić information content (AvgIpc) is 2.65. The summed E-state index contributed by atoms with van der Waals surface area (Å²) in [5, 5.41) is 0.545. The first-order chi connectivity index (χ1) is 14.5. The molecule has 0 amide bonds. The number of rotatable bonds is 7. The molecule has 9 heteroatoms. The Kier molecular flexibility index (Phi) is 6.79. The van der Waals surface area contributed by atoms with Crippen LogP contribution in [0.4, 0.5) is 0 Å². The first-order valence-corrected chi connectivity index (χ1v) is 10.8. The summed E-state index contributed by atoms with van der Waals surface area (Å²) in [6.07, 6.45) is 3.30. The van der Waals surface area contributed by atoms with Crippen molar-refractivity contribution < 1.29 is 9.53 Å². The number of aromatic amines is 1. The third-order valence-corrected chi connectivity index (χ3v) is 5.20. The van der Waals surface area contributed by atoms with Crippen LogP contribution >= 0.6 is 11.6 Å². The Morgan fingerprint density at radius 2 is 1.77 bits per heavy atom. The van der Waals surface area contributed by atoms with Crippen molar-refractivity contribution in [1.82, 2.24) is 19.5 Å². The molecular formula is C22H27ClN4O4. The van der Waals surface area contributed by atoms with E-state index >= 15 is 0 Å². The van der Waals surface area contributed by atoms with Gasteiger partial charge in [0.05, 0.1) is 11.0 Å². The van der Waals surface area contributed by atoms with Crippen LogP contribution in [0.3, 0.4) is 0 Å². The van der Waals surface area contributed by atoms with Crippen LogP contribution in [-0.2, 0) is 16.1 Å². The monoisotopic (exact) mass is 446 g/mol. The molecule has 2 heterocycles. The molecule has 0 aliphatic heterocycles. The van der Waals surface area contributed by atoms with Gasteiger partial charge in [-0.05, 0) is 58.2 Å². The summed E-state index contributed by atoms with van der Waals surface area (Å²) in [5.74, 6) is -0.211. The lowest BCUT2D eigenvalue weighted by Crippen LogP contribution is -2.35. The van der Waals surface area contributed by atoms with Crippen LogP contribution < -0.4 is 11.2 Å². The molecule has 3 rings (SSSR count). The normalized spacial score (nSPS) is 11.9. The number of fused-ring (bicyclic) bond motifs is 2. The minimum Gasteiger partial charge on any atom is -0.460 e. The lowest BCUT2D eigenvalue weighted by atomic mass is 10.1. The minimum atomic E-state index is -0.516. The van der Waals surface area contributed by atoms with Gasteiger partial charge in [0, 0.05) is 18.0 Å². The number of carbonyl (C=O) groups excluding carboxylic acids is 1. The van der Waals surface area contributed by atoms with Crippen molar-refractivity contribution >= 4 is 39.8 Å². The maximum Gasteiger partial charge on any atom is 0.330 e. The number of carbonyl (C=O) groups is 1. The van der Waals surface area contributed by atoms with Crippen molar-refractivity contribution in [3.63, 3.8) is 0 Å². The van der Waals surface area contributed by atoms with Gasteiger partial charge in [-0.15, -0.1) is 0 Å². The highest BCUT2D eigenvalue weighted by Crippen LogP contribution is 2.21. The van der Waals surface area contributed by atoms with Gasteiger partial charge in [0.15, 0.2) is 11.2 Å². The van der Waals surface area contributed by atoms with Crippen LogP contribution in [0, 0.1) is 6.92 Å². The molecule has 0 unspecified atom stereocenters. The fraction of sp³-hybridized carbons (Fsp3) is 0.500. The molecule has 31 heavy (non-hydrogen) atoms. The van der Waals surface area contributed by atoms with Crippen molar-refractivity contribution in [2.75, 3.05) is 0 Å². The van der Waals surface area contributed by atoms with Crippen LogP contribution in [0.2, 0.25) is 5.02 Å². The average molecular weight is 447 g/mol. The second kappa shape index (κ2) is 9.18. The second-order valence-electron chi connectivity index (χ2n) is 8.65. The summed E-state index contributed by atoms with van der Waals surface area (Å²) < 4.78 is 6.43. The van der Waals surface area contributed by atoms with Crippen molar-refractivity contribution in [3.05, 3.63) is 43.6 Å². The number of hydrogen-bond acceptors (Lipinski definition) is 6. The zero-order valence-corrected chi connectivity index (χ0v) is 19.0. The first kappa shape index (κ1) is 22.9. The first-order valence-electron chi connectivity index (χ1n) is 10.4. The Morgan fingerprint density at radius 3 is 2.48 bits per heavy atom. The van der Waals surface area contributed by atoms with E-state index < -0.39 is 16.9 Å². The van der Waals surface area contributed by atoms with Crippen LogP contribution in [0.1, 0.15) is 58.4 Å². The van der Waals surface area contributed by atoms with Gasteiger partial charge in [0.1, 0.15) is 5.60 Å². The highest BCUT2D eigenvalue weighted by atomic mass is 35.5. The maximum atomic E-state index is 12.8. The molecule has 0 saturated carbocycles. The molecule has 1 N–H and O–H groups in total. The Labute approximate surface area is 184 Å². The van der Waals surface area contributed by atoms with Gasteiger partial charge in [0.25, 0.3) is 5.56 Å². The Hall–Kier alpha value is -2.74. The summed E-state index contributed by atoms with van der Waals surface area (Å²) in [7, 11) is 0.